The van der Waals surface area contributed by atoms with E-state index in [0.29, 0.717) is 19.6 Å². The largest absolute Gasteiger partial charge is 0.469 e. The van der Waals surface area contributed by atoms with E-state index in [2.05, 4.69) is 35.7 Å². The number of phosphoric acid groups is 1. The van der Waals surface area contributed by atoms with Crippen LogP contribution in [0.15, 0.2) is 24.3 Å². The molecular formula is C22H41N2O6P. The molecule has 0 aliphatic rings. The maximum absolute atomic E-state index is 12.4. The number of aryl methyl sites for hydroxylation is 2. The van der Waals surface area contributed by atoms with Gasteiger partial charge in [0.25, 0.3) is 0 Å². The molecule has 1 aromatic carbocycles. The summed E-state index contributed by atoms with van der Waals surface area (Å²) in [4.78, 5) is 31.4. The number of carbonyl (C=O) groups excluding carboxylic acids is 1. The van der Waals surface area contributed by atoms with Crippen molar-refractivity contribution in [3.8, 4) is 0 Å². The van der Waals surface area contributed by atoms with Gasteiger partial charge in [0.2, 0.25) is 5.91 Å². The van der Waals surface area contributed by atoms with E-state index in [4.69, 9.17) is 14.5 Å². The molecule has 8 nitrogen and oxygen atoms in total. The maximum Gasteiger partial charge on any atom is 0.469 e. The maximum atomic E-state index is 12.4. The lowest BCUT2D eigenvalue weighted by atomic mass is 10.0. The number of nitrogens with zero attached hydrogens (tertiary/aromatic N) is 1. The fourth-order valence-corrected chi connectivity index (χ4v) is 3.56. The van der Waals surface area contributed by atoms with Gasteiger partial charge in [-0.05, 0) is 36.8 Å². The highest BCUT2D eigenvalue weighted by Crippen LogP contribution is 2.35. The Labute approximate surface area is 187 Å². The van der Waals surface area contributed by atoms with Crippen molar-refractivity contribution in [2.24, 2.45) is 0 Å². The summed E-state index contributed by atoms with van der Waals surface area (Å²) >= 11 is 0. The summed E-state index contributed by atoms with van der Waals surface area (Å²) < 4.78 is 20.2. The van der Waals surface area contributed by atoms with Gasteiger partial charge in [0, 0.05) is 26.6 Å². The molecule has 0 heterocycles. The molecule has 0 saturated carbocycles. The highest BCUT2D eigenvalue weighted by atomic mass is 31.2. The molecule has 0 aromatic heterocycles. The molecule has 180 valence electrons. The van der Waals surface area contributed by atoms with E-state index >= 15 is 0 Å². The number of hydrogen-bond acceptors (Lipinski definition) is 5. The van der Waals surface area contributed by atoms with E-state index < -0.39 is 7.82 Å². The molecule has 0 unspecified atom stereocenters. The zero-order valence-corrected chi connectivity index (χ0v) is 20.0. The van der Waals surface area contributed by atoms with Gasteiger partial charge in [-0.25, -0.2) is 4.57 Å². The van der Waals surface area contributed by atoms with Crippen LogP contribution in [0.3, 0.4) is 0 Å². The van der Waals surface area contributed by atoms with Crippen LogP contribution in [0.2, 0.25) is 0 Å². The van der Waals surface area contributed by atoms with Gasteiger partial charge in [0.15, 0.2) is 0 Å². The quantitative estimate of drug-likeness (QED) is 0.234. The van der Waals surface area contributed by atoms with E-state index in [1.54, 1.807) is 12.0 Å². The summed E-state index contributed by atoms with van der Waals surface area (Å²) in [5.41, 5.74) is 2.78. The molecule has 5 N–H and O–H groups in total. The van der Waals surface area contributed by atoms with Crippen molar-refractivity contribution >= 4 is 13.7 Å². The molecule has 0 saturated heterocycles. The molecule has 0 aliphatic heterocycles. The zero-order valence-electron chi connectivity index (χ0n) is 19.1. The van der Waals surface area contributed by atoms with Crippen LogP contribution >= 0.6 is 7.82 Å². The Morgan fingerprint density at radius 3 is 2.06 bits per heavy atom. The van der Waals surface area contributed by atoms with Crippen LogP contribution in [0.5, 0.6) is 0 Å². The summed E-state index contributed by atoms with van der Waals surface area (Å²) in [6, 6.07) is 8.87. The van der Waals surface area contributed by atoms with Gasteiger partial charge in [-0.15, -0.1) is 0 Å². The van der Waals surface area contributed by atoms with Crippen LogP contribution in [0, 0.1) is 0 Å². The highest BCUT2D eigenvalue weighted by Gasteiger charge is 2.17. The van der Waals surface area contributed by atoms with E-state index in [0.717, 1.165) is 32.1 Å². The molecule has 0 radical (unpaired) electrons. The lowest BCUT2D eigenvalue weighted by Gasteiger charge is -2.22. The molecule has 31 heavy (non-hydrogen) atoms. The van der Waals surface area contributed by atoms with Crippen molar-refractivity contribution in [1.82, 2.24) is 11.1 Å². The van der Waals surface area contributed by atoms with Crippen LogP contribution in [-0.2, 0) is 31.5 Å². The van der Waals surface area contributed by atoms with Crippen molar-refractivity contribution in [3.63, 3.8) is 0 Å². The molecule has 0 atom stereocenters. The number of benzene rings is 1. The van der Waals surface area contributed by atoms with Gasteiger partial charge in [0.05, 0.1) is 13.2 Å². The third kappa shape index (κ3) is 15.2. The molecular weight excluding hydrogens is 419 g/mol. The Hall–Kier alpha value is -1.28. The minimum absolute atomic E-state index is 0. The predicted octanol–water partition coefficient (Wildman–Crippen LogP) is 4.27. The fraction of sp³-hybridized carbons (Fsp3) is 0.682. The minimum Gasteiger partial charge on any atom is -0.383 e. The number of carbonyl (C=O) groups is 1. The number of amides is 1. The molecule has 0 bridgehead atoms. The van der Waals surface area contributed by atoms with Crippen LogP contribution < -0.4 is 6.15 Å². The summed E-state index contributed by atoms with van der Waals surface area (Å²) in [5.74, 6) is -0.0307. The van der Waals surface area contributed by atoms with E-state index in [1.807, 2.05) is 0 Å². The lowest BCUT2D eigenvalue weighted by Crippen LogP contribution is -2.36. The van der Waals surface area contributed by atoms with Crippen molar-refractivity contribution < 1.29 is 28.4 Å². The highest BCUT2D eigenvalue weighted by molar-refractivity contribution is 7.46. The molecule has 1 rings (SSSR count). The van der Waals surface area contributed by atoms with E-state index in [-0.39, 0.29) is 25.2 Å². The summed E-state index contributed by atoms with van der Waals surface area (Å²) in [6.45, 7) is 2.88. The van der Waals surface area contributed by atoms with Gasteiger partial charge >= 0.3 is 7.82 Å². The Balaban J connectivity index is 0.00000900. The summed E-state index contributed by atoms with van der Waals surface area (Å²) in [5, 5.41) is 0. The zero-order chi connectivity index (χ0) is 22.2. The number of hydrogen-bond donors (Lipinski definition) is 3. The second kappa shape index (κ2) is 17.3. The van der Waals surface area contributed by atoms with E-state index in [9.17, 15) is 9.36 Å². The summed E-state index contributed by atoms with van der Waals surface area (Å²) in [7, 11) is -2.96. The van der Waals surface area contributed by atoms with Crippen LogP contribution in [-0.4, -0.2) is 54.0 Å². The van der Waals surface area contributed by atoms with Crippen molar-refractivity contribution in [3.05, 3.63) is 35.4 Å². The number of methoxy groups -OCH3 is 1. The van der Waals surface area contributed by atoms with Crippen LogP contribution in [0.4, 0.5) is 0 Å². The normalized spacial score (nSPS) is 11.2. The lowest BCUT2D eigenvalue weighted by molar-refractivity contribution is -0.132. The van der Waals surface area contributed by atoms with Gasteiger partial charge in [0.1, 0.15) is 0 Å². The molecule has 1 aromatic rings. The Morgan fingerprint density at radius 2 is 1.48 bits per heavy atom. The standard InChI is InChI=1S/C22H38NO6P.H3N/c1-3-20-12-14-21(15-13-20)10-8-6-4-5-7-9-11-22(24)23(16-18-28-2)17-19-29-30(25,26)27;/h12-15H,3-11,16-19H2,1-2H3,(H2,25,26,27);1H3. The smallest absolute Gasteiger partial charge is 0.383 e. The predicted molar refractivity (Wildman–Crippen MR) is 123 cm³/mol. The number of ether oxygens (including phenoxy) is 1. The molecule has 0 aliphatic carbocycles. The number of phosphoric ester groups is 1. The average Bonchev–Trinajstić information content (AvgIpc) is 2.71. The third-order valence-electron chi connectivity index (χ3n) is 5.08. The first-order valence-electron chi connectivity index (χ1n) is 10.9. The first kappa shape index (κ1) is 29.7. The molecule has 0 spiro atoms. The first-order valence-corrected chi connectivity index (χ1v) is 12.4. The van der Waals surface area contributed by atoms with Crippen molar-refractivity contribution in [1.29, 1.82) is 0 Å². The second-order valence-electron chi connectivity index (χ2n) is 7.49. The van der Waals surface area contributed by atoms with Gasteiger partial charge in [-0.1, -0.05) is 56.9 Å². The summed E-state index contributed by atoms with van der Waals surface area (Å²) in [6.07, 6.45) is 9.13. The van der Waals surface area contributed by atoms with Crippen LogP contribution in [0.25, 0.3) is 0 Å². The number of rotatable bonds is 17. The Kier molecular flexibility index (Phi) is 16.6. The Morgan fingerprint density at radius 1 is 0.935 bits per heavy atom. The minimum atomic E-state index is -4.51. The topological polar surface area (TPSA) is 131 Å². The van der Waals surface area contributed by atoms with Crippen molar-refractivity contribution in [2.45, 2.75) is 64.7 Å². The Bertz CT molecular complexity index is 635. The first-order chi connectivity index (χ1) is 14.4. The van der Waals surface area contributed by atoms with Gasteiger partial charge < -0.3 is 25.6 Å². The average molecular weight is 461 g/mol. The SMILES string of the molecule is CCc1ccc(CCCCCCCCC(=O)N(CCOC)CCOP(=O)(O)O)cc1.N. The molecule has 9 heteroatoms. The van der Waals surface area contributed by atoms with Gasteiger partial charge in [-0.2, -0.15) is 0 Å². The molecule has 1 amide bonds. The van der Waals surface area contributed by atoms with Gasteiger partial charge in [-0.3, -0.25) is 9.32 Å². The molecule has 0 fully saturated rings. The fourth-order valence-electron chi connectivity index (χ4n) is 3.24. The monoisotopic (exact) mass is 460 g/mol. The van der Waals surface area contributed by atoms with Crippen LogP contribution in [0.1, 0.15) is 63.0 Å². The number of unbranched alkanes of at least 4 members (excludes halogenated alkanes) is 5. The second-order valence-corrected chi connectivity index (χ2v) is 8.73. The third-order valence-corrected chi connectivity index (χ3v) is 5.59. The van der Waals surface area contributed by atoms with Crippen molar-refractivity contribution in [2.75, 3.05) is 33.4 Å². The van der Waals surface area contributed by atoms with E-state index in [1.165, 1.54) is 30.4 Å².